The molecule has 0 fully saturated rings. The summed E-state index contributed by atoms with van der Waals surface area (Å²) in [6, 6.07) is 5.80. The van der Waals surface area contributed by atoms with Crippen molar-refractivity contribution in [3.8, 4) is 5.75 Å². The van der Waals surface area contributed by atoms with Crippen LogP contribution in [0.15, 0.2) is 24.3 Å². The van der Waals surface area contributed by atoms with Gasteiger partial charge in [-0.05, 0) is 32.9 Å². The van der Waals surface area contributed by atoms with Crippen molar-refractivity contribution in [3.05, 3.63) is 29.8 Å². The average molecular weight is 251 g/mol. The van der Waals surface area contributed by atoms with Crippen LogP contribution in [0.1, 0.15) is 31.1 Å². The second-order valence-corrected chi connectivity index (χ2v) is 4.20. The van der Waals surface area contributed by atoms with Crippen LogP contribution in [0, 0.1) is 0 Å². The Morgan fingerprint density at radius 1 is 1.22 bits per heavy atom. The Kier molecular flexibility index (Phi) is 4.71. The molecule has 18 heavy (non-hydrogen) atoms. The molecule has 0 aliphatic rings. The Labute approximate surface area is 106 Å². The number of hydrogen-bond acceptors (Lipinski definition) is 3. The smallest absolute Gasteiger partial charge is 0.325 e. The lowest BCUT2D eigenvalue weighted by molar-refractivity contribution is -0.138. The van der Waals surface area contributed by atoms with Gasteiger partial charge >= 0.3 is 5.97 Å². The molecule has 0 saturated heterocycles. The molecule has 0 heterocycles. The number of rotatable bonds is 5. The van der Waals surface area contributed by atoms with Crippen molar-refractivity contribution >= 4 is 11.9 Å². The summed E-state index contributed by atoms with van der Waals surface area (Å²) < 4.78 is 5.50. The summed E-state index contributed by atoms with van der Waals surface area (Å²) in [7, 11) is 0. The van der Waals surface area contributed by atoms with Crippen molar-refractivity contribution < 1.29 is 19.4 Å². The number of benzene rings is 1. The Balaban J connectivity index is 2.88. The van der Waals surface area contributed by atoms with Gasteiger partial charge in [0.25, 0.3) is 5.91 Å². The lowest BCUT2D eigenvalue weighted by Gasteiger charge is -2.15. The minimum Gasteiger partial charge on any atom is -0.490 e. The minimum absolute atomic E-state index is 0.0594. The number of amides is 1. The van der Waals surface area contributed by atoms with Gasteiger partial charge in [0.1, 0.15) is 11.8 Å². The fraction of sp³-hybridized carbons (Fsp3) is 0.385. The van der Waals surface area contributed by atoms with Gasteiger partial charge in [0.05, 0.1) is 11.7 Å². The number of para-hydroxylation sites is 1. The molecule has 1 amide bonds. The van der Waals surface area contributed by atoms with Gasteiger partial charge in [-0.2, -0.15) is 0 Å². The average Bonchev–Trinajstić information content (AvgIpc) is 2.28. The van der Waals surface area contributed by atoms with Crippen LogP contribution < -0.4 is 10.1 Å². The second-order valence-electron chi connectivity index (χ2n) is 4.20. The number of hydrogen-bond donors (Lipinski definition) is 2. The molecule has 98 valence electrons. The summed E-state index contributed by atoms with van der Waals surface area (Å²) in [5.41, 5.74) is 0.333. The molecule has 1 rings (SSSR count). The third-order valence-electron chi connectivity index (χ3n) is 2.21. The third kappa shape index (κ3) is 3.76. The largest absolute Gasteiger partial charge is 0.490 e. The molecule has 5 heteroatoms. The van der Waals surface area contributed by atoms with Gasteiger partial charge in [-0.15, -0.1) is 0 Å². The molecule has 0 radical (unpaired) electrons. The van der Waals surface area contributed by atoms with E-state index in [1.165, 1.54) is 6.92 Å². The first-order valence-electron chi connectivity index (χ1n) is 5.71. The van der Waals surface area contributed by atoms with E-state index in [9.17, 15) is 9.59 Å². The first-order chi connectivity index (χ1) is 8.41. The molecule has 0 aliphatic heterocycles. The van der Waals surface area contributed by atoms with E-state index in [2.05, 4.69) is 5.32 Å². The van der Waals surface area contributed by atoms with E-state index in [4.69, 9.17) is 9.84 Å². The zero-order valence-electron chi connectivity index (χ0n) is 10.6. The summed E-state index contributed by atoms with van der Waals surface area (Å²) >= 11 is 0. The van der Waals surface area contributed by atoms with Crippen molar-refractivity contribution in [2.24, 2.45) is 0 Å². The molecule has 1 aromatic carbocycles. The van der Waals surface area contributed by atoms with Gasteiger partial charge in [-0.1, -0.05) is 12.1 Å². The molecular formula is C13H17NO4. The maximum Gasteiger partial charge on any atom is 0.325 e. The molecule has 0 spiro atoms. The lowest BCUT2D eigenvalue weighted by atomic mass is 10.1. The first-order valence-corrected chi connectivity index (χ1v) is 5.71. The highest BCUT2D eigenvalue weighted by Crippen LogP contribution is 2.19. The van der Waals surface area contributed by atoms with E-state index >= 15 is 0 Å². The van der Waals surface area contributed by atoms with E-state index in [1.807, 2.05) is 13.8 Å². The minimum atomic E-state index is -1.08. The van der Waals surface area contributed by atoms with Crippen LogP contribution >= 0.6 is 0 Å². The summed E-state index contributed by atoms with van der Waals surface area (Å²) in [6.45, 7) is 5.12. The van der Waals surface area contributed by atoms with Crippen LogP contribution in [0.2, 0.25) is 0 Å². The highest BCUT2D eigenvalue weighted by molar-refractivity contribution is 5.98. The lowest BCUT2D eigenvalue weighted by Crippen LogP contribution is -2.38. The van der Waals surface area contributed by atoms with Crippen molar-refractivity contribution in [1.82, 2.24) is 5.32 Å². The van der Waals surface area contributed by atoms with E-state index in [0.717, 1.165) is 0 Å². The van der Waals surface area contributed by atoms with Gasteiger partial charge in [-0.25, -0.2) is 0 Å². The van der Waals surface area contributed by atoms with E-state index in [0.29, 0.717) is 11.3 Å². The van der Waals surface area contributed by atoms with Crippen LogP contribution in [0.4, 0.5) is 0 Å². The molecular weight excluding hydrogens is 234 g/mol. The first kappa shape index (κ1) is 14.0. The highest BCUT2D eigenvalue weighted by atomic mass is 16.5. The number of ether oxygens (including phenoxy) is 1. The zero-order chi connectivity index (χ0) is 13.7. The van der Waals surface area contributed by atoms with Crippen LogP contribution in [0.25, 0.3) is 0 Å². The number of carbonyl (C=O) groups is 2. The predicted octanol–water partition coefficient (Wildman–Crippen LogP) is 1.68. The quantitative estimate of drug-likeness (QED) is 0.834. The summed E-state index contributed by atoms with van der Waals surface area (Å²) in [4.78, 5) is 22.6. The summed E-state index contributed by atoms with van der Waals surface area (Å²) in [5, 5.41) is 11.1. The van der Waals surface area contributed by atoms with Crippen molar-refractivity contribution in [2.45, 2.75) is 32.9 Å². The predicted molar refractivity (Wildman–Crippen MR) is 66.8 cm³/mol. The third-order valence-corrected chi connectivity index (χ3v) is 2.21. The number of carboxylic acid groups (broad SMARTS) is 1. The fourth-order valence-electron chi connectivity index (χ4n) is 1.35. The Morgan fingerprint density at radius 3 is 2.39 bits per heavy atom. The molecule has 1 aromatic rings. The zero-order valence-corrected chi connectivity index (χ0v) is 10.6. The normalized spacial score (nSPS) is 12.0. The van der Waals surface area contributed by atoms with E-state index in [1.54, 1.807) is 24.3 Å². The van der Waals surface area contributed by atoms with Crippen LogP contribution in [0.3, 0.4) is 0 Å². The Bertz CT molecular complexity index is 442. The van der Waals surface area contributed by atoms with Crippen LogP contribution in [-0.4, -0.2) is 29.1 Å². The number of nitrogens with one attached hydrogen (secondary N) is 1. The molecule has 5 nitrogen and oxygen atoms in total. The topological polar surface area (TPSA) is 75.6 Å². The molecule has 0 aromatic heterocycles. The molecule has 0 aliphatic carbocycles. The molecule has 0 unspecified atom stereocenters. The van der Waals surface area contributed by atoms with Crippen molar-refractivity contribution in [2.75, 3.05) is 0 Å². The maximum atomic E-state index is 11.9. The Hall–Kier alpha value is -2.04. The van der Waals surface area contributed by atoms with Crippen LogP contribution in [0.5, 0.6) is 5.75 Å². The standard InChI is InChI=1S/C13H17NO4/c1-8(2)18-11-7-5-4-6-10(11)12(15)14-9(3)13(16)17/h4-9H,1-3H3,(H,14,15)(H,16,17)/t9-/m0/s1. The fourth-order valence-corrected chi connectivity index (χ4v) is 1.35. The van der Waals surface area contributed by atoms with Gasteiger partial charge in [0.2, 0.25) is 0 Å². The molecule has 1 atom stereocenters. The van der Waals surface area contributed by atoms with Gasteiger partial charge < -0.3 is 15.2 Å². The van der Waals surface area contributed by atoms with Gasteiger partial charge in [0.15, 0.2) is 0 Å². The van der Waals surface area contributed by atoms with Gasteiger partial charge in [-0.3, -0.25) is 9.59 Å². The maximum absolute atomic E-state index is 11.9. The second kappa shape index (κ2) is 6.05. The molecule has 0 bridgehead atoms. The Morgan fingerprint density at radius 2 is 1.83 bits per heavy atom. The van der Waals surface area contributed by atoms with Crippen molar-refractivity contribution in [1.29, 1.82) is 0 Å². The van der Waals surface area contributed by atoms with Crippen molar-refractivity contribution in [3.63, 3.8) is 0 Å². The summed E-state index contributed by atoms with van der Waals surface area (Å²) in [5.74, 6) is -1.09. The van der Waals surface area contributed by atoms with E-state index in [-0.39, 0.29) is 6.10 Å². The number of carboxylic acids is 1. The number of carbonyl (C=O) groups excluding carboxylic acids is 1. The van der Waals surface area contributed by atoms with Crippen LogP contribution in [-0.2, 0) is 4.79 Å². The molecule has 2 N–H and O–H groups in total. The SMILES string of the molecule is CC(C)Oc1ccccc1C(=O)N[C@@H](C)C(=O)O. The monoisotopic (exact) mass is 251 g/mol. The molecule has 0 saturated carbocycles. The highest BCUT2D eigenvalue weighted by Gasteiger charge is 2.18. The number of aliphatic carboxylic acids is 1. The summed E-state index contributed by atoms with van der Waals surface area (Å²) in [6.07, 6.45) is -0.0594. The van der Waals surface area contributed by atoms with E-state index < -0.39 is 17.9 Å². The van der Waals surface area contributed by atoms with Gasteiger partial charge in [0, 0.05) is 0 Å².